The van der Waals surface area contributed by atoms with Crippen molar-refractivity contribution in [3.05, 3.63) is 71.3 Å². The number of aliphatic hydroxyl groups is 1. The van der Waals surface area contributed by atoms with Gasteiger partial charge in [0.25, 0.3) is 0 Å². The van der Waals surface area contributed by atoms with Gasteiger partial charge in [0.2, 0.25) is 0 Å². The van der Waals surface area contributed by atoms with Crippen LogP contribution in [0.3, 0.4) is 0 Å². The molecule has 156 valence electrons. The lowest BCUT2D eigenvalue weighted by Crippen LogP contribution is -2.18. The summed E-state index contributed by atoms with van der Waals surface area (Å²) in [6, 6.07) is 7.80. The van der Waals surface area contributed by atoms with E-state index in [9.17, 15) is 9.90 Å². The molecule has 2 N–H and O–H groups in total. The van der Waals surface area contributed by atoms with Crippen molar-refractivity contribution in [2.45, 2.75) is 51.0 Å². The van der Waals surface area contributed by atoms with Crippen molar-refractivity contribution in [3.8, 4) is 0 Å². The van der Waals surface area contributed by atoms with E-state index in [0.29, 0.717) is 36.5 Å². The van der Waals surface area contributed by atoms with Crippen LogP contribution in [0, 0.1) is 23.7 Å². The Morgan fingerprint density at radius 2 is 1.93 bits per heavy atom. The molecule has 1 saturated carbocycles. The first-order valence-electron chi connectivity index (χ1n) is 10.7. The van der Waals surface area contributed by atoms with Gasteiger partial charge in [-0.25, -0.2) is 0 Å². The molecular formula is C25H31ClO3. The molecular weight excluding hydrogens is 384 g/mol. The van der Waals surface area contributed by atoms with Crippen molar-refractivity contribution >= 4 is 17.6 Å². The molecule has 0 spiro atoms. The van der Waals surface area contributed by atoms with Crippen LogP contribution in [0.4, 0.5) is 0 Å². The number of halogens is 1. The van der Waals surface area contributed by atoms with Gasteiger partial charge in [0.1, 0.15) is 0 Å². The number of unbranched alkanes of at least 4 members (excludes halogenated alkanes) is 1. The highest BCUT2D eigenvalue weighted by molar-refractivity contribution is 6.30. The minimum Gasteiger partial charge on any atom is -0.481 e. The first-order chi connectivity index (χ1) is 14.0. The third kappa shape index (κ3) is 6.58. The van der Waals surface area contributed by atoms with Crippen molar-refractivity contribution < 1.29 is 15.0 Å². The van der Waals surface area contributed by atoms with E-state index in [2.05, 4.69) is 30.4 Å². The van der Waals surface area contributed by atoms with Crippen LogP contribution < -0.4 is 0 Å². The fourth-order valence-electron chi connectivity index (χ4n) is 4.64. The van der Waals surface area contributed by atoms with Gasteiger partial charge in [-0.1, -0.05) is 60.2 Å². The van der Waals surface area contributed by atoms with Crippen LogP contribution >= 0.6 is 11.6 Å². The Labute approximate surface area is 178 Å². The molecule has 3 nitrogen and oxygen atoms in total. The molecule has 0 heterocycles. The summed E-state index contributed by atoms with van der Waals surface area (Å²) in [6.45, 7) is 0. The maximum atomic E-state index is 10.6. The zero-order valence-corrected chi connectivity index (χ0v) is 17.5. The molecule has 5 atom stereocenters. The van der Waals surface area contributed by atoms with E-state index in [1.807, 2.05) is 30.3 Å². The fourth-order valence-corrected chi connectivity index (χ4v) is 4.77. The zero-order chi connectivity index (χ0) is 20.6. The Kier molecular flexibility index (Phi) is 8.14. The summed E-state index contributed by atoms with van der Waals surface area (Å²) < 4.78 is 0. The van der Waals surface area contributed by atoms with Gasteiger partial charge in [0.05, 0.1) is 6.10 Å². The summed E-state index contributed by atoms with van der Waals surface area (Å²) >= 11 is 5.92. The number of aliphatic hydroxyl groups excluding tert-OH is 1. The monoisotopic (exact) mass is 414 g/mol. The number of carbonyl (C=O) groups is 1. The molecule has 29 heavy (non-hydrogen) atoms. The van der Waals surface area contributed by atoms with Crippen molar-refractivity contribution in [2.24, 2.45) is 23.7 Å². The number of allylic oxidation sites excluding steroid dienone is 5. The fraction of sp³-hybridized carbons (Fsp3) is 0.480. The first kappa shape index (κ1) is 21.9. The molecule has 1 aromatic rings. The van der Waals surface area contributed by atoms with Crippen LogP contribution in [0.15, 0.2) is 60.7 Å². The molecule has 3 rings (SSSR count). The predicted octanol–water partition coefficient (Wildman–Crippen LogP) is 5.83. The third-order valence-electron chi connectivity index (χ3n) is 6.22. The van der Waals surface area contributed by atoms with Crippen LogP contribution in [0.25, 0.3) is 0 Å². The van der Waals surface area contributed by atoms with Crippen LogP contribution in [0.2, 0.25) is 5.02 Å². The lowest BCUT2D eigenvalue weighted by Gasteiger charge is -2.25. The Balaban J connectivity index is 1.47. The number of carboxylic acids is 1. The minimum absolute atomic E-state index is 0.237. The maximum absolute atomic E-state index is 10.6. The van der Waals surface area contributed by atoms with Gasteiger partial charge in [-0.3, -0.25) is 4.79 Å². The lowest BCUT2D eigenvalue weighted by molar-refractivity contribution is -0.137. The van der Waals surface area contributed by atoms with Gasteiger partial charge >= 0.3 is 5.97 Å². The van der Waals surface area contributed by atoms with E-state index >= 15 is 0 Å². The van der Waals surface area contributed by atoms with E-state index in [-0.39, 0.29) is 6.42 Å². The maximum Gasteiger partial charge on any atom is 0.303 e. The van der Waals surface area contributed by atoms with E-state index in [1.54, 1.807) is 0 Å². The lowest BCUT2D eigenvalue weighted by atomic mass is 9.80. The second-order valence-corrected chi connectivity index (χ2v) is 8.74. The highest BCUT2D eigenvalue weighted by Crippen LogP contribution is 2.50. The number of hydrogen-bond acceptors (Lipinski definition) is 2. The summed E-state index contributed by atoms with van der Waals surface area (Å²) in [4.78, 5) is 10.6. The minimum atomic E-state index is -0.725. The Hall–Kier alpha value is -1.84. The van der Waals surface area contributed by atoms with Crippen LogP contribution in [0.5, 0.6) is 0 Å². The molecule has 2 unspecified atom stereocenters. The van der Waals surface area contributed by atoms with Crippen molar-refractivity contribution in [1.29, 1.82) is 0 Å². The van der Waals surface area contributed by atoms with Crippen LogP contribution in [-0.2, 0) is 11.2 Å². The molecule has 2 bridgehead atoms. The van der Waals surface area contributed by atoms with E-state index in [1.165, 1.54) is 12.0 Å². The Morgan fingerprint density at radius 3 is 2.69 bits per heavy atom. The molecule has 4 heteroatoms. The second-order valence-electron chi connectivity index (χ2n) is 8.30. The average Bonchev–Trinajstić information content (AvgIpc) is 3.30. The van der Waals surface area contributed by atoms with Crippen LogP contribution in [-0.4, -0.2) is 22.3 Å². The molecule has 2 aliphatic carbocycles. The largest absolute Gasteiger partial charge is 0.481 e. The quantitative estimate of drug-likeness (QED) is 0.354. The highest BCUT2D eigenvalue weighted by atomic mass is 35.5. The molecule has 0 saturated heterocycles. The number of hydrogen-bond donors (Lipinski definition) is 2. The summed E-state index contributed by atoms with van der Waals surface area (Å²) in [5, 5.41) is 19.8. The first-order valence-corrected chi connectivity index (χ1v) is 11.1. The number of carboxylic acid groups (broad SMARTS) is 1. The van der Waals surface area contributed by atoms with Crippen molar-refractivity contribution in [1.82, 2.24) is 0 Å². The van der Waals surface area contributed by atoms with Gasteiger partial charge in [-0.05, 0) is 79.9 Å². The summed E-state index contributed by atoms with van der Waals surface area (Å²) in [7, 11) is 0. The summed E-state index contributed by atoms with van der Waals surface area (Å²) in [6.07, 6.45) is 18.4. The van der Waals surface area contributed by atoms with Crippen molar-refractivity contribution in [3.63, 3.8) is 0 Å². The molecule has 0 radical (unpaired) electrons. The van der Waals surface area contributed by atoms with Crippen LogP contribution in [0.1, 0.15) is 44.1 Å². The van der Waals surface area contributed by atoms with Gasteiger partial charge < -0.3 is 10.2 Å². The molecule has 1 fully saturated rings. The SMILES string of the molecule is O=C(O)CCC/C=C\C[C@H]1C2C=CC(C2)[C@@H]1/C=C/[C@@H](O)CCc1ccc(Cl)cc1. The highest BCUT2D eigenvalue weighted by Gasteiger charge is 2.42. The van der Waals surface area contributed by atoms with Gasteiger partial charge in [0.15, 0.2) is 0 Å². The smallest absolute Gasteiger partial charge is 0.303 e. The molecule has 2 aliphatic rings. The Bertz CT molecular complexity index is 750. The van der Waals surface area contributed by atoms with Gasteiger partial charge in [-0.15, -0.1) is 0 Å². The molecule has 0 amide bonds. The third-order valence-corrected chi connectivity index (χ3v) is 6.47. The molecule has 1 aromatic carbocycles. The molecule has 0 aliphatic heterocycles. The van der Waals surface area contributed by atoms with Gasteiger partial charge in [0, 0.05) is 11.4 Å². The number of aliphatic carboxylic acids is 1. The topological polar surface area (TPSA) is 57.5 Å². The standard InChI is InChI=1S/C25H31ClO3/c26-21-12-7-18(8-13-21)9-14-22(27)15-16-24-20-11-10-19(17-20)23(24)5-3-1-2-4-6-25(28)29/h1,3,7-8,10-13,15-16,19-20,22-24,27H,2,4-6,9,14,17H2,(H,28,29)/b3-1-,16-15+/t19?,20?,22-,23-,24-/m0/s1. The van der Waals surface area contributed by atoms with E-state index in [0.717, 1.165) is 24.3 Å². The summed E-state index contributed by atoms with van der Waals surface area (Å²) in [5.41, 5.74) is 1.19. The number of rotatable bonds is 11. The normalized spacial score (nSPS) is 26.7. The second kappa shape index (κ2) is 10.8. The number of fused-ring (bicyclic) bond motifs is 2. The van der Waals surface area contributed by atoms with Gasteiger partial charge in [-0.2, -0.15) is 0 Å². The number of aryl methyl sites for hydroxylation is 1. The molecule has 0 aromatic heterocycles. The van der Waals surface area contributed by atoms with E-state index < -0.39 is 12.1 Å². The van der Waals surface area contributed by atoms with E-state index in [4.69, 9.17) is 16.7 Å². The number of benzene rings is 1. The van der Waals surface area contributed by atoms with Crippen molar-refractivity contribution in [2.75, 3.05) is 0 Å². The zero-order valence-electron chi connectivity index (χ0n) is 16.8. The predicted molar refractivity (Wildman–Crippen MR) is 118 cm³/mol. The summed E-state index contributed by atoms with van der Waals surface area (Å²) in [5.74, 6) is 1.56. The average molecular weight is 415 g/mol. The Morgan fingerprint density at radius 1 is 1.17 bits per heavy atom.